The lowest BCUT2D eigenvalue weighted by Gasteiger charge is -2.40. The van der Waals surface area contributed by atoms with Crippen LogP contribution >= 0.6 is 23.4 Å². The van der Waals surface area contributed by atoms with Gasteiger partial charge in [0.15, 0.2) is 0 Å². The molecule has 1 saturated heterocycles. The minimum Gasteiger partial charge on any atom is -0.369 e. The number of amides is 2. The van der Waals surface area contributed by atoms with Gasteiger partial charge in [0.05, 0.1) is 5.69 Å². The molecule has 0 aromatic heterocycles. The van der Waals surface area contributed by atoms with Crippen LogP contribution < -0.4 is 15.5 Å². The topological polar surface area (TPSA) is 64.7 Å². The molecule has 35 heavy (non-hydrogen) atoms. The van der Waals surface area contributed by atoms with Crippen molar-refractivity contribution in [3.8, 4) is 0 Å². The largest absolute Gasteiger partial charge is 0.369 e. The van der Waals surface area contributed by atoms with Gasteiger partial charge in [0.2, 0.25) is 0 Å². The van der Waals surface area contributed by atoms with E-state index in [1.807, 2.05) is 30.3 Å². The Labute approximate surface area is 212 Å². The Hall–Kier alpha value is -3.07. The number of piperazine rings is 1. The average molecular weight is 511 g/mol. The van der Waals surface area contributed by atoms with Gasteiger partial charge >= 0.3 is 0 Å². The molecule has 3 aromatic rings. The minimum absolute atomic E-state index is 0.0775. The second-order valence-electron chi connectivity index (χ2n) is 8.48. The zero-order valence-electron chi connectivity index (χ0n) is 18.8. The Bertz CT molecular complexity index is 1230. The zero-order chi connectivity index (χ0) is 24.4. The summed E-state index contributed by atoms with van der Waals surface area (Å²) in [5.41, 5.74) is 3.04. The van der Waals surface area contributed by atoms with Crippen molar-refractivity contribution in [3.05, 3.63) is 88.7 Å². The summed E-state index contributed by atoms with van der Waals surface area (Å²) < 4.78 is 13.1. The highest BCUT2D eigenvalue weighted by molar-refractivity contribution is 8.00. The van der Waals surface area contributed by atoms with E-state index in [1.54, 1.807) is 24.3 Å². The van der Waals surface area contributed by atoms with Crippen molar-refractivity contribution in [2.24, 2.45) is 0 Å². The maximum absolute atomic E-state index is 13.1. The fraction of sp³-hybridized carbons (Fsp3) is 0.231. The molecule has 0 saturated carbocycles. The summed E-state index contributed by atoms with van der Waals surface area (Å²) >= 11 is 7.51. The summed E-state index contributed by atoms with van der Waals surface area (Å²) in [5.74, 6) is -0.645. The Balaban J connectivity index is 1.19. The molecule has 0 aliphatic carbocycles. The number of rotatable bonds is 5. The molecule has 2 N–H and O–H groups in total. The molecule has 5 rings (SSSR count). The lowest BCUT2D eigenvalue weighted by molar-refractivity contribution is -0.118. The quantitative estimate of drug-likeness (QED) is 0.525. The van der Waals surface area contributed by atoms with Crippen LogP contribution in [0.3, 0.4) is 0 Å². The molecule has 0 spiro atoms. The van der Waals surface area contributed by atoms with E-state index < -0.39 is 0 Å². The summed E-state index contributed by atoms with van der Waals surface area (Å²) in [5, 5.41) is 6.22. The van der Waals surface area contributed by atoms with Crippen molar-refractivity contribution in [3.63, 3.8) is 0 Å². The van der Waals surface area contributed by atoms with E-state index in [0.29, 0.717) is 17.8 Å². The van der Waals surface area contributed by atoms with Crippen molar-refractivity contribution < 1.29 is 14.0 Å². The Kier molecular flexibility index (Phi) is 6.95. The van der Waals surface area contributed by atoms with Gasteiger partial charge in [-0.2, -0.15) is 0 Å². The summed E-state index contributed by atoms with van der Waals surface area (Å²) in [7, 11) is 0. The average Bonchev–Trinajstić information content (AvgIpc) is 2.88. The van der Waals surface area contributed by atoms with Crippen LogP contribution in [-0.4, -0.2) is 48.3 Å². The summed E-state index contributed by atoms with van der Waals surface area (Å²) in [6, 6.07) is 19.2. The number of fused-ring (bicyclic) bond motifs is 1. The second kappa shape index (κ2) is 10.3. The van der Waals surface area contributed by atoms with Crippen molar-refractivity contribution >= 4 is 46.6 Å². The predicted octanol–water partition coefficient (Wildman–Crippen LogP) is 4.60. The van der Waals surface area contributed by atoms with E-state index in [2.05, 4.69) is 20.4 Å². The van der Waals surface area contributed by atoms with E-state index in [4.69, 9.17) is 11.6 Å². The molecule has 0 radical (unpaired) electrons. The Morgan fingerprint density at radius 3 is 2.46 bits per heavy atom. The molecule has 1 fully saturated rings. The standard InChI is InChI=1S/C26H24ClFN4O2S/c27-19-4-8-21(9-5-19)31-11-13-32(14-12-31)26-25(34)30-22-15-18(3-10-23(22)35-26)24(33)29-16-17-1-6-20(28)7-2-17/h1-10,15,26H,11-14,16H2,(H,29,33)(H,30,34)/t26-/m1/s1. The number of hydrogen-bond acceptors (Lipinski definition) is 5. The fourth-order valence-electron chi connectivity index (χ4n) is 4.23. The van der Waals surface area contributed by atoms with Crippen molar-refractivity contribution in [1.82, 2.24) is 10.2 Å². The maximum atomic E-state index is 13.1. The molecule has 2 aliphatic rings. The second-order valence-corrected chi connectivity index (χ2v) is 10.0. The normalized spacial score (nSPS) is 18.1. The van der Waals surface area contributed by atoms with E-state index in [9.17, 15) is 14.0 Å². The van der Waals surface area contributed by atoms with Gasteiger partial charge in [0.1, 0.15) is 11.2 Å². The highest BCUT2D eigenvalue weighted by atomic mass is 35.5. The third kappa shape index (κ3) is 5.45. The number of benzene rings is 3. The molecule has 2 aliphatic heterocycles. The van der Waals surface area contributed by atoms with E-state index in [0.717, 1.165) is 47.3 Å². The Morgan fingerprint density at radius 2 is 1.74 bits per heavy atom. The van der Waals surface area contributed by atoms with E-state index in [-0.39, 0.29) is 23.0 Å². The van der Waals surface area contributed by atoms with Crippen molar-refractivity contribution in [2.75, 3.05) is 36.4 Å². The predicted molar refractivity (Wildman–Crippen MR) is 138 cm³/mol. The van der Waals surface area contributed by atoms with E-state index in [1.165, 1.54) is 23.9 Å². The molecule has 0 unspecified atom stereocenters. The van der Waals surface area contributed by atoms with Gasteiger partial charge < -0.3 is 15.5 Å². The summed E-state index contributed by atoms with van der Waals surface area (Å²) in [4.78, 5) is 31.0. The monoisotopic (exact) mass is 510 g/mol. The lowest BCUT2D eigenvalue weighted by Crippen LogP contribution is -2.53. The van der Waals surface area contributed by atoms with Gasteiger partial charge in [-0.05, 0) is 60.2 Å². The number of nitrogens with one attached hydrogen (secondary N) is 2. The number of carbonyl (C=O) groups excluding carboxylic acids is 2. The number of anilines is 2. The number of nitrogens with zero attached hydrogens (tertiary/aromatic N) is 2. The van der Waals surface area contributed by atoms with Crippen LogP contribution in [0.2, 0.25) is 5.02 Å². The fourth-order valence-corrected chi connectivity index (χ4v) is 5.51. The Morgan fingerprint density at radius 1 is 1.03 bits per heavy atom. The zero-order valence-corrected chi connectivity index (χ0v) is 20.4. The van der Waals surface area contributed by atoms with Crippen molar-refractivity contribution in [2.45, 2.75) is 16.8 Å². The van der Waals surface area contributed by atoms with Crippen LogP contribution in [0.15, 0.2) is 71.6 Å². The van der Waals surface area contributed by atoms with Crippen LogP contribution in [0, 0.1) is 5.82 Å². The van der Waals surface area contributed by atoms with Gasteiger partial charge in [-0.15, -0.1) is 0 Å². The van der Waals surface area contributed by atoms with Crippen LogP contribution in [0.4, 0.5) is 15.8 Å². The molecule has 6 nitrogen and oxygen atoms in total. The number of hydrogen-bond donors (Lipinski definition) is 2. The van der Waals surface area contributed by atoms with Crippen LogP contribution in [0.1, 0.15) is 15.9 Å². The molecular formula is C26H24ClFN4O2S. The highest BCUT2D eigenvalue weighted by Gasteiger charge is 2.34. The van der Waals surface area contributed by atoms with Crippen LogP contribution in [0.5, 0.6) is 0 Å². The van der Waals surface area contributed by atoms with Gasteiger partial charge in [-0.1, -0.05) is 35.5 Å². The molecule has 0 bridgehead atoms. The first-order valence-electron chi connectivity index (χ1n) is 11.3. The molecule has 3 aromatic carbocycles. The molecule has 1 atom stereocenters. The highest BCUT2D eigenvalue weighted by Crippen LogP contribution is 2.38. The van der Waals surface area contributed by atoms with Gasteiger partial charge in [-0.3, -0.25) is 14.5 Å². The first-order chi connectivity index (χ1) is 17.0. The van der Waals surface area contributed by atoms with Gasteiger partial charge in [-0.25, -0.2) is 4.39 Å². The molecule has 2 heterocycles. The number of thioether (sulfide) groups is 1. The van der Waals surface area contributed by atoms with Gasteiger partial charge in [0.25, 0.3) is 11.8 Å². The molecular weight excluding hydrogens is 487 g/mol. The van der Waals surface area contributed by atoms with Crippen LogP contribution in [-0.2, 0) is 11.3 Å². The molecule has 2 amide bonds. The lowest BCUT2D eigenvalue weighted by atomic mass is 10.1. The first kappa shape index (κ1) is 23.7. The summed E-state index contributed by atoms with van der Waals surface area (Å²) in [6.45, 7) is 3.49. The molecule has 9 heteroatoms. The third-order valence-electron chi connectivity index (χ3n) is 6.17. The van der Waals surface area contributed by atoms with Gasteiger partial charge in [0, 0.05) is 53.9 Å². The van der Waals surface area contributed by atoms with Crippen molar-refractivity contribution in [1.29, 1.82) is 0 Å². The smallest absolute Gasteiger partial charge is 0.252 e. The maximum Gasteiger partial charge on any atom is 0.252 e. The van der Waals surface area contributed by atoms with Crippen LogP contribution in [0.25, 0.3) is 0 Å². The molecule has 180 valence electrons. The summed E-state index contributed by atoms with van der Waals surface area (Å²) in [6.07, 6.45) is 0. The third-order valence-corrected chi connectivity index (χ3v) is 7.76. The number of halogens is 2. The number of carbonyl (C=O) groups is 2. The first-order valence-corrected chi connectivity index (χ1v) is 12.6. The minimum atomic E-state index is -0.315. The SMILES string of the molecule is O=C(NCc1ccc(F)cc1)c1ccc2c(c1)NC(=O)[C@H](N1CCN(c3ccc(Cl)cc3)CC1)S2. The van der Waals surface area contributed by atoms with E-state index >= 15 is 0 Å².